The zero-order chi connectivity index (χ0) is 19.5. The molecule has 6 heteroatoms. The topological polar surface area (TPSA) is 57.5 Å². The van der Waals surface area contributed by atoms with E-state index in [1.54, 1.807) is 0 Å². The van der Waals surface area contributed by atoms with Crippen LogP contribution in [0.25, 0.3) is 0 Å². The SMILES string of the molecule is CCNC(=NCCCn1nc(C)cc1C)NCCCCN1CCCCC1C. The molecule has 1 aliphatic rings. The van der Waals surface area contributed by atoms with Crippen LogP contribution in [0, 0.1) is 13.8 Å². The number of unbranched alkanes of at least 4 members (excludes halogenated alkanes) is 1. The molecule has 27 heavy (non-hydrogen) atoms. The second kappa shape index (κ2) is 12.0. The molecule has 2 N–H and O–H groups in total. The van der Waals surface area contributed by atoms with Crippen molar-refractivity contribution in [3.8, 4) is 0 Å². The number of aromatic nitrogens is 2. The number of likely N-dealkylation sites (tertiary alicyclic amines) is 1. The fraction of sp³-hybridized carbons (Fsp3) is 0.810. The number of nitrogens with one attached hydrogen (secondary N) is 2. The van der Waals surface area contributed by atoms with E-state index < -0.39 is 0 Å². The third-order valence-corrected chi connectivity index (χ3v) is 5.35. The van der Waals surface area contributed by atoms with Crippen molar-refractivity contribution >= 4 is 5.96 Å². The highest BCUT2D eigenvalue weighted by Crippen LogP contribution is 2.16. The molecule has 1 aromatic rings. The highest BCUT2D eigenvalue weighted by atomic mass is 15.3. The monoisotopic (exact) mass is 376 g/mol. The van der Waals surface area contributed by atoms with Gasteiger partial charge in [-0.3, -0.25) is 9.67 Å². The lowest BCUT2D eigenvalue weighted by Crippen LogP contribution is -2.39. The molecule has 0 amide bonds. The quantitative estimate of drug-likeness (QED) is 0.374. The first kappa shape index (κ1) is 21.7. The first-order valence-corrected chi connectivity index (χ1v) is 10.9. The van der Waals surface area contributed by atoms with Gasteiger partial charge in [0.15, 0.2) is 5.96 Å². The lowest BCUT2D eigenvalue weighted by Gasteiger charge is -2.33. The van der Waals surface area contributed by atoms with Crippen molar-refractivity contribution in [2.75, 3.05) is 32.7 Å². The molecule has 1 aromatic heterocycles. The van der Waals surface area contributed by atoms with E-state index in [0.29, 0.717) is 0 Å². The maximum absolute atomic E-state index is 4.71. The average Bonchev–Trinajstić information content (AvgIpc) is 2.97. The van der Waals surface area contributed by atoms with Gasteiger partial charge in [0.2, 0.25) is 0 Å². The minimum absolute atomic E-state index is 0.771. The molecular weight excluding hydrogens is 336 g/mol. The molecule has 6 nitrogen and oxygen atoms in total. The van der Waals surface area contributed by atoms with Gasteiger partial charge in [-0.2, -0.15) is 5.10 Å². The average molecular weight is 377 g/mol. The van der Waals surface area contributed by atoms with Crippen molar-refractivity contribution in [2.45, 2.75) is 78.8 Å². The molecule has 2 rings (SSSR count). The summed E-state index contributed by atoms with van der Waals surface area (Å²) in [5.41, 5.74) is 2.31. The van der Waals surface area contributed by atoms with Crippen LogP contribution >= 0.6 is 0 Å². The van der Waals surface area contributed by atoms with Crippen LogP contribution in [0.4, 0.5) is 0 Å². The number of hydrogen-bond donors (Lipinski definition) is 2. The van der Waals surface area contributed by atoms with Crippen molar-refractivity contribution < 1.29 is 0 Å². The number of nitrogens with zero attached hydrogens (tertiary/aromatic N) is 4. The number of hydrogen-bond acceptors (Lipinski definition) is 3. The van der Waals surface area contributed by atoms with Crippen LogP contribution < -0.4 is 10.6 Å². The van der Waals surface area contributed by atoms with Crippen molar-refractivity contribution in [1.29, 1.82) is 0 Å². The standard InChI is InChI=1S/C21H40N6/c1-5-22-21(24-13-10-16-27-20(4)17-18(2)25-27)23-12-7-9-15-26-14-8-6-11-19(26)3/h17,19H,5-16H2,1-4H3,(H2,22,23,24). The van der Waals surface area contributed by atoms with Gasteiger partial charge in [0.05, 0.1) is 5.69 Å². The Kier molecular flexibility index (Phi) is 9.67. The Morgan fingerprint density at radius 2 is 2.04 bits per heavy atom. The molecule has 0 radical (unpaired) electrons. The Balaban J connectivity index is 1.62. The minimum atomic E-state index is 0.771. The number of rotatable bonds is 10. The lowest BCUT2D eigenvalue weighted by molar-refractivity contribution is 0.158. The molecule has 1 fully saturated rings. The molecule has 1 unspecified atom stereocenters. The molecule has 2 heterocycles. The molecule has 0 saturated carbocycles. The van der Waals surface area contributed by atoms with E-state index in [-0.39, 0.29) is 0 Å². The Labute approximate surface area is 165 Å². The molecular formula is C21H40N6. The summed E-state index contributed by atoms with van der Waals surface area (Å²) in [5.74, 6) is 0.942. The van der Waals surface area contributed by atoms with Crippen LogP contribution in [0.3, 0.4) is 0 Å². The fourth-order valence-corrected chi connectivity index (χ4v) is 3.79. The van der Waals surface area contributed by atoms with E-state index in [1.165, 1.54) is 50.9 Å². The summed E-state index contributed by atoms with van der Waals surface area (Å²) in [5, 5.41) is 11.3. The smallest absolute Gasteiger partial charge is 0.191 e. The van der Waals surface area contributed by atoms with Gasteiger partial charge >= 0.3 is 0 Å². The number of aryl methyl sites for hydroxylation is 3. The van der Waals surface area contributed by atoms with Crippen LogP contribution in [0.1, 0.15) is 63.8 Å². The van der Waals surface area contributed by atoms with Crippen molar-refractivity contribution in [1.82, 2.24) is 25.3 Å². The highest BCUT2D eigenvalue weighted by molar-refractivity contribution is 5.79. The third kappa shape index (κ3) is 7.91. The van der Waals surface area contributed by atoms with Crippen molar-refractivity contribution in [2.24, 2.45) is 4.99 Å². The van der Waals surface area contributed by atoms with E-state index in [9.17, 15) is 0 Å². The van der Waals surface area contributed by atoms with Crippen LogP contribution in [-0.2, 0) is 6.54 Å². The summed E-state index contributed by atoms with van der Waals surface area (Å²) in [7, 11) is 0. The summed E-state index contributed by atoms with van der Waals surface area (Å²) in [6, 6.07) is 2.90. The Bertz CT molecular complexity index is 565. The molecule has 1 saturated heterocycles. The Morgan fingerprint density at radius 3 is 2.74 bits per heavy atom. The maximum atomic E-state index is 4.71. The van der Waals surface area contributed by atoms with Crippen molar-refractivity contribution in [3.63, 3.8) is 0 Å². The van der Waals surface area contributed by atoms with E-state index in [4.69, 9.17) is 4.99 Å². The van der Waals surface area contributed by atoms with Gasteiger partial charge in [-0.1, -0.05) is 6.42 Å². The Hall–Kier alpha value is -1.56. The van der Waals surface area contributed by atoms with Crippen LogP contribution in [0.5, 0.6) is 0 Å². The van der Waals surface area contributed by atoms with Gasteiger partial charge in [0.25, 0.3) is 0 Å². The van der Waals surface area contributed by atoms with Gasteiger partial charge in [0, 0.05) is 37.9 Å². The normalized spacial score (nSPS) is 18.7. The molecule has 0 aromatic carbocycles. The summed E-state index contributed by atoms with van der Waals surface area (Å²) in [6.07, 6.45) is 7.60. The van der Waals surface area contributed by atoms with E-state index in [2.05, 4.69) is 52.2 Å². The molecule has 1 aliphatic heterocycles. The van der Waals surface area contributed by atoms with Gasteiger partial charge in [-0.15, -0.1) is 0 Å². The Morgan fingerprint density at radius 1 is 1.19 bits per heavy atom. The fourth-order valence-electron chi connectivity index (χ4n) is 3.79. The predicted octanol–water partition coefficient (Wildman–Crippen LogP) is 3.10. The largest absolute Gasteiger partial charge is 0.357 e. The number of guanidine groups is 1. The van der Waals surface area contributed by atoms with E-state index in [0.717, 1.165) is 50.3 Å². The summed E-state index contributed by atoms with van der Waals surface area (Å²) >= 11 is 0. The van der Waals surface area contributed by atoms with E-state index in [1.807, 2.05) is 6.92 Å². The summed E-state index contributed by atoms with van der Waals surface area (Å²) in [4.78, 5) is 7.36. The molecule has 0 spiro atoms. The summed E-state index contributed by atoms with van der Waals surface area (Å²) in [6.45, 7) is 14.8. The van der Waals surface area contributed by atoms with Gasteiger partial charge < -0.3 is 15.5 Å². The molecule has 0 bridgehead atoms. The molecule has 154 valence electrons. The van der Waals surface area contributed by atoms with Crippen LogP contribution in [0.2, 0.25) is 0 Å². The lowest BCUT2D eigenvalue weighted by atomic mass is 10.0. The van der Waals surface area contributed by atoms with E-state index >= 15 is 0 Å². The number of piperidine rings is 1. The first-order valence-electron chi connectivity index (χ1n) is 10.9. The minimum Gasteiger partial charge on any atom is -0.357 e. The van der Waals surface area contributed by atoms with Crippen LogP contribution in [0.15, 0.2) is 11.1 Å². The second-order valence-electron chi connectivity index (χ2n) is 7.78. The number of aliphatic imine (C=N–C) groups is 1. The zero-order valence-corrected chi connectivity index (χ0v) is 17.9. The third-order valence-electron chi connectivity index (χ3n) is 5.35. The molecule has 0 aliphatic carbocycles. The van der Waals surface area contributed by atoms with Gasteiger partial charge in [0.1, 0.15) is 0 Å². The zero-order valence-electron chi connectivity index (χ0n) is 17.9. The van der Waals surface area contributed by atoms with Gasteiger partial charge in [-0.05, 0) is 79.0 Å². The van der Waals surface area contributed by atoms with Crippen LogP contribution in [-0.4, -0.2) is 59.4 Å². The van der Waals surface area contributed by atoms with Crippen molar-refractivity contribution in [3.05, 3.63) is 17.5 Å². The molecule has 1 atom stereocenters. The first-order chi connectivity index (χ1) is 13.1. The highest BCUT2D eigenvalue weighted by Gasteiger charge is 2.16. The second-order valence-corrected chi connectivity index (χ2v) is 7.78. The summed E-state index contributed by atoms with van der Waals surface area (Å²) < 4.78 is 2.08. The van der Waals surface area contributed by atoms with Gasteiger partial charge in [-0.25, -0.2) is 0 Å². The maximum Gasteiger partial charge on any atom is 0.191 e. The predicted molar refractivity (Wildman–Crippen MR) is 114 cm³/mol.